The first-order valence-electron chi connectivity index (χ1n) is 5.51. The number of rotatable bonds is 2. The summed E-state index contributed by atoms with van der Waals surface area (Å²) in [5.41, 5.74) is 7.59. The van der Waals surface area contributed by atoms with Crippen LogP contribution in [-0.4, -0.2) is 5.16 Å². The second kappa shape index (κ2) is 4.03. The van der Waals surface area contributed by atoms with Gasteiger partial charge in [-0.15, -0.1) is 0 Å². The summed E-state index contributed by atoms with van der Waals surface area (Å²) in [7, 11) is 0. The topological polar surface area (TPSA) is 52.0 Å². The van der Waals surface area contributed by atoms with Crippen molar-refractivity contribution in [2.75, 3.05) is 0 Å². The molecule has 0 amide bonds. The Bertz CT molecular complexity index is 658. The van der Waals surface area contributed by atoms with E-state index in [2.05, 4.69) is 29.4 Å². The third-order valence-electron chi connectivity index (χ3n) is 2.88. The van der Waals surface area contributed by atoms with Gasteiger partial charge in [0.2, 0.25) is 0 Å². The maximum absolute atomic E-state index is 5.65. The van der Waals surface area contributed by atoms with Crippen LogP contribution in [0.5, 0.6) is 0 Å². The summed E-state index contributed by atoms with van der Waals surface area (Å²) in [6, 6.07) is 14.4. The fourth-order valence-electron chi connectivity index (χ4n) is 1.97. The predicted octanol–water partition coefficient (Wildman–Crippen LogP) is 2.95. The van der Waals surface area contributed by atoms with Gasteiger partial charge in [-0.3, -0.25) is 0 Å². The van der Waals surface area contributed by atoms with Crippen molar-refractivity contribution in [1.82, 2.24) is 5.16 Å². The molecule has 0 atom stereocenters. The molecule has 0 bridgehead atoms. The third kappa shape index (κ3) is 1.70. The molecule has 84 valence electrons. The van der Waals surface area contributed by atoms with Gasteiger partial charge in [-0.05, 0) is 16.8 Å². The van der Waals surface area contributed by atoms with Crippen molar-refractivity contribution in [3.63, 3.8) is 0 Å². The molecule has 0 aliphatic carbocycles. The normalized spacial score (nSPS) is 10.9. The van der Waals surface area contributed by atoms with Gasteiger partial charge < -0.3 is 10.3 Å². The molecule has 0 fully saturated rings. The van der Waals surface area contributed by atoms with E-state index in [1.54, 1.807) is 6.20 Å². The highest BCUT2D eigenvalue weighted by molar-refractivity contribution is 5.86. The van der Waals surface area contributed by atoms with Crippen LogP contribution < -0.4 is 5.73 Å². The number of nitrogens with two attached hydrogens (primary N) is 1. The van der Waals surface area contributed by atoms with E-state index in [0.717, 1.165) is 16.9 Å². The first kappa shape index (κ1) is 10.1. The fraction of sp³-hybridized carbons (Fsp3) is 0.0714. The van der Waals surface area contributed by atoms with Gasteiger partial charge in [0.1, 0.15) is 0 Å². The van der Waals surface area contributed by atoms with E-state index in [1.165, 1.54) is 10.8 Å². The van der Waals surface area contributed by atoms with E-state index < -0.39 is 0 Å². The van der Waals surface area contributed by atoms with Crippen molar-refractivity contribution in [2.24, 2.45) is 5.73 Å². The lowest BCUT2D eigenvalue weighted by molar-refractivity contribution is 0.431. The first-order valence-corrected chi connectivity index (χ1v) is 5.51. The van der Waals surface area contributed by atoms with Crippen molar-refractivity contribution >= 4 is 10.8 Å². The number of hydrogen-bond acceptors (Lipinski definition) is 3. The summed E-state index contributed by atoms with van der Waals surface area (Å²) in [4.78, 5) is 0. The molecular formula is C14H12N2O. The van der Waals surface area contributed by atoms with Crippen LogP contribution in [0.1, 0.15) is 5.56 Å². The van der Waals surface area contributed by atoms with Crippen LogP contribution in [0.2, 0.25) is 0 Å². The van der Waals surface area contributed by atoms with Crippen LogP contribution in [0.3, 0.4) is 0 Å². The average molecular weight is 224 g/mol. The maximum atomic E-state index is 5.65. The Morgan fingerprint density at radius 2 is 1.88 bits per heavy atom. The Kier molecular flexibility index (Phi) is 2.38. The summed E-state index contributed by atoms with van der Waals surface area (Å²) < 4.78 is 5.26. The van der Waals surface area contributed by atoms with Crippen molar-refractivity contribution < 1.29 is 4.52 Å². The minimum Gasteiger partial charge on any atom is -0.356 e. The lowest BCUT2D eigenvalue weighted by atomic mass is 10.0. The molecular weight excluding hydrogens is 212 g/mol. The third-order valence-corrected chi connectivity index (χ3v) is 2.88. The highest BCUT2D eigenvalue weighted by Gasteiger charge is 2.09. The molecule has 0 saturated heterocycles. The van der Waals surface area contributed by atoms with Crippen LogP contribution in [0.25, 0.3) is 22.1 Å². The quantitative estimate of drug-likeness (QED) is 0.728. The molecule has 1 heterocycles. The molecule has 0 saturated carbocycles. The number of aromatic nitrogens is 1. The van der Waals surface area contributed by atoms with Gasteiger partial charge in [-0.25, -0.2) is 0 Å². The van der Waals surface area contributed by atoms with E-state index in [4.69, 9.17) is 10.3 Å². The van der Waals surface area contributed by atoms with Crippen molar-refractivity contribution in [1.29, 1.82) is 0 Å². The Morgan fingerprint density at radius 3 is 2.71 bits per heavy atom. The molecule has 0 aliphatic rings. The van der Waals surface area contributed by atoms with Crippen LogP contribution in [0, 0.1) is 0 Å². The molecule has 3 aromatic rings. The predicted molar refractivity (Wildman–Crippen MR) is 67.3 cm³/mol. The second-order valence-electron chi connectivity index (χ2n) is 3.95. The van der Waals surface area contributed by atoms with Crippen LogP contribution in [0.4, 0.5) is 0 Å². The highest BCUT2D eigenvalue weighted by Crippen LogP contribution is 2.26. The van der Waals surface area contributed by atoms with E-state index in [9.17, 15) is 0 Å². The number of hydrogen-bond donors (Lipinski definition) is 1. The molecule has 0 unspecified atom stereocenters. The van der Waals surface area contributed by atoms with E-state index >= 15 is 0 Å². The second-order valence-corrected chi connectivity index (χ2v) is 3.95. The standard InChI is InChI=1S/C14H12N2O/c15-8-13-9-16-17-14(13)12-6-5-10-3-1-2-4-11(10)7-12/h1-7,9H,8,15H2. The van der Waals surface area contributed by atoms with Crippen molar-refractivity contribution in [3.8, 4) is 11.3 Å². The number of benzene rings is 2. The first-order chi connectivity index (χ1) is 8.38. The van der Waals surface area contributed by atoms with Crippen molar-refractivity contribution in [2.45, 2.75) is 6.54 Å². The summed E-state index contributed by atoms with van der Waals surface area (Å²) in [5, 5.41) is 6.19. The summed E-state index contributed by atoms with van der Waals surface area (Å²) in [6.07, 6.45) is 1.67. The van der Waals surface area contributed by atoms with Crippen molar-refractivity contribution in [3.05, 3.63) is 54.2 Å². The SMILES string of the molecule is NCc1cnoc1-c1ccc2ccccc2c1. The number of fused-ring (bicyclic) bond motifs is 1. The average Bonchev–Trinajstić information content (AvgIpc) is 2.86. The van der Waals surface area contributed by atoms with Crippen LogP contribution in [-0.2, 0) is 6.54 Å². The Balaban J connectivity index is 2.18. The summed E-state index contributed by atoms with van der Waals surface area (Å²) in [5.74, 6) is 0.762. The molecule has 0 aliphatic heterocycles. The van der Waals surface area contributed by atoms with Gasteiger partial charge in [0.25, 0.3) is 0 Å². The largest absolute Gasteiger partial charge is 0.356 e. The van der Waals surface area contributed by atoms with Crippen LogP contribution >= 0.6 is 0 Å². The smallest absolute Gasteiger partial charge is 0.171 e. The molecule has 17 heavy (non-hydrogen) atoms. The highest BCUT2D eigenvalue weighted by atomic mass is 16.5. The van der Waals surface area contributed by atoms with Gasteiger partial charge in [-0.2, -0.15) is 0 Å². The monoisotopic (exact) mass is 224 g/mol. The molecule has 3 heteroatoms. The van der Waals surface area contributed by atoms with E-state index in [1.807, 2.05) is 18.2 Å². The minimum absolute atomic E-state index is 0.436. The lowest BCUT2D eigenvalue weighted by Crippen LogP contribution is -1.95. The van der Waals surface area contributed by atoms with Gasteiger partial charge in [0.05, 0.1) is 6.20 Å². The van der Waals surface area contributed by atoms with Crippen LogP contribution in [0.15, 0.2) is 53.2 Å². The minimum atomic E-state index is 0.436. The molecule has 0 radical (unpaired) electrons. The molecule has 1 aromatic heterocycles. The van der Waals surface area contributed by atoms with Gasteiger partial charge >= 0.3 is 0 Å². The summed E-state index contributed by atoms with van der Waals surface area (Å²) in [6.45, 7) is 0.436. The Hall–Kier alpha value is -2.13. The Morgan fingerprint density at radius 1 is 1.06 bits per heavy atom. The van der Waals surface area contributed by atoms with E-state index in [0.29, 0.717) is 6.54 Å². The molecule has 2 aromatic carbocycles. The zero-order valence-corrected chi connectivity index (χ0v) is 9.26. The van der Waals surface area contributed by atoms with Gasteiger partial charge in [0.15, 0.2) is 5.76 Å². The summed E-state index contributed by atoms with van der Waals surface area (Å²) >= 11 is 0. The zero-order valence-electron chi connectivity index (χ0n) is 9.26. The van der Waals surface area contributed by atoms with Gasteiger partial charge in [0, 0.05) is 17.7 Å². The molecule has 3 nitrogen and oxygen atoms in total. The molecule has 3 rings (SSSR count). The lowest BCUT2D eigenvalue weighted by Gasteiger charge is -2.02. The molecule has 2 N–H and O–H groups in total. The maximum Gasteiger partial charge on any atom is 0.171 e. The fourth-order valence-corrected chi connectivity index (χ4v) is 1.97. The van der Waals surface area contributed by atoms with E-state index in [-0.39, 0.29) is 0 Å². The molecule has 0 spiro atoms. The Labute approximate surface area is 98.8 Å². The number of nitrogens with zero attached hydrogens (tertiary/aromatic N) is 1. The van der Waals surface area contributed by atoms with Gasteiger partial charge in [-0.1, -0.05) is 41.6 Å². The zero-order chi connectivity index (χ0) is 11.7.